The molecule has 0 bridgehead atoms. The van der Waals surface area contributed by atoms with Gasteiger partial charge in [-0.2, -0.15) is 0 Å². The van der Waals surface area contributed by atoms with Gasteiger partial charge in [-0.25, -0.2) is 0 Å². The van der Waals surface area contributed by atoms with E-state index in [-0.39, 0.29) is 1.43 Å². The van der Waals surface area contributed by atoms with Crippen LogP contribution in [0.25, 0.3) is 0 Å². The second kappa shape index (κ2) is 2.52. The summed E-state index contributed by atoms with van der Waals surface area (Å²) in [5.74, 6) is 2.01. The first kappa shape index (κ1) is 6.12. The lowest BCUT2D eigenvalue weighted by atomic mass is 9.82. The van der Waals surface area contributed by atoms with E-state index in [1.807, 2.05) is 0 Å². The van der Waals surface area contributed by atoms with Crippen LogP contribution in [0, 0.1) is 11.8 Å². The molecule has 8 heavy (non-hydrogen) atoms. The summed E-state index contributed by atoms with van der Waals surface area (Å²) in [6, 6.07) is 0. The van der Waals surface area contributed by atoms with E-state index in [0.29, 0.717) is 0 Å². The normalized spacial score (nSPS) is 39.8. The number of hydrogen-bond donors (Lipinski definition) is 0. The van der Waals surface area contributed by atoms with E-state index >= 15 is 0 Å². The van der Waals surface area contributed by atoms with Crippen molar-refractivity contribution in [1.29, 1.82) is 0 Å². The molecule has 0 aromatic rings. The Morgan fingerprint density at radius 3 is 1.62 bits per heavy atom. The molecule has 0 N–H and O–H groups in total. The standard InChI is InChI=1S/C8H16.H2/c1-7-5-3-4-6-8(7)2;/h7-8H,3-6H2,1-2H3;1H/t7-,8?;/m1./s1. The Hall–Kier alpha value is 0. The van der Waals surface area contributed by atoms with Crippen molar-refractivity contribution in [2.75, 3.05) is 0 Å². The van der Waals surface area contributed by atoms with Crippen molar-refractivity contribution in [3.63, 3.8) is 0 Å². The maximum atomic E-state index is 2.38. The third kappa shape index (κ3) is 1.24. The minimum Gasteiger partial charge on any atom is -0.0623 e. The molecule has 0 spiro atoms. The Balaban J connectivity index is 0.000000640. The molecule has 0 heterocycles. The van der Waals surface area contributed by atoms with Crippen molar-refractivity contribution >= 4 is 0 Å². The Kier molecular flexibility index (Phi) is 1.93. The van der Waals surface area contributed by atoms with Gasteiger partial charge >= 0.3 is 0 Å². The zero-order chi connectivity index (χ0) is 5.98. The van der Waals surface area contributed by atoms with Crippen molar-refractivity contribution in [2.45, 2.75) is 39.5 Å². The summed E-state index contributed by atoms with van der Waals surface area (Å²) >= 11 is 0. The molecule has 0 heteroatoms. The third-order valence-corrected chi connectivity index (χ3v) is 2.54. The van der Waals surface area contributed by atoms with Crippen LogP contribution in [0.3, 0.4) is 0 Å². The highest BCUT2D eigenvalue weighted by molar-refractivity contribution is 4.67. The topological polar surface area (TPSA) is 0 Å². The predicted molar refractivity (Wildman–Crippen MR) is 38.9 cm³/mol. The SMILES string of the molecule is CC1CCCC[C@H]1C.[HH]. The largest absolute Gasteiger partial charge is 0.0623 e. The van der Waals surface area contributed by atoms with Crippen molar-refractivity contribution in [3.8, 4) is 0 Å². The Morgan fingerprint density at radius 1 is 1.00 bits per heavy atom. The van der Waals surface area contributed by atoms with Gasteiger partial charge in [0.05, 0.1) is 0 Å². The zero-order valence-electron chi connectivity index (χ0n) is 5.98. The van der Waals surface area contributed by atoms with Gasteiger partial charge in [0.2, 0.25) is 0 Å². The molecule has 0 aromatic heterocycles. The molecule has 0 radical (unpaired) electrons. The van der Waals surface area contributed by atoms with Crippen LogP contribution in [0.1, 0.15) is 41.0 Å². The van der Waals surface area contributed by atoms with E-state index in [0.717, 1.165) is 11.8 Å². The van der Waals surface area contributed by atoms with Gasteiger partial charge < -0.3 is 0 Å². The zero-order valence-corrected chi connectivity index (χ0v) is 5.98. The van der Waals surface area contributed by atoms with Gasteiger partial charge in [0.15, 0.2) is 0 Å². The summed E-state index contributed by atoms with van der Waals surface area (Å²) in [5.41, 5.74) is 0. The second-order valence-corrected chi connectivity index (χ2v) is 3.24. The van der Waals surface area contributed by atoms with Gasteiger partial charge in [-0.05, 0) is 11.8 Å². The Labute approximate surface area is 53.8 Å². The monoisotopic (exact) mass is 114 g/mol. The molecule has 1 rings (SSSR count). The fraction of sp³-hybridized carbons (Fsp3) is 1.00. The van der Waals surface area contributed by atoms with Crippen LogP contribution in [-0.4, -0.2) is 0 Å². The van der Waals surface area contributed by atoms with Gasteiger partial charge in [-0.1, -0.05) is 39.5 Å². The lowest BCUT2D eigenvalue weighted by Crippen LogP contribution is -2.12. The maximum Gasteiger partial charge on any atom is 0 e. The number of hydrogen-bond acceptors (Lipinski definition) is 0. The first-order valence-electron chi connectivity index (χ1n) is 3.80. The highest BCUT2D eigenvalue weighted by atomic mass is 14.2. The second-order valence-electron chi connectivity index (χ2n) is 3.24. The molecule has 0 aliphatic heterocycles. The van der Waals surface area contributed by atoms with Gasteiger partial charge in [0.25, 0.3) is 0 Å². The summed E-state index contributed by atoms with van der Waals surface area (Å²) in [4.78, 5) is 0. The minimum absolute atomic E-state index is 0. The summed E-state index contributed by atoms with van der Waals surface area (Å²) in [7, 11) is 0. The molecule has 1 saturated carbocycles. The van der Waals surface area contributed by atoms with Crippen molar-refractivity contribution in [2.24, 2.45) is 11.8 Å². The van der Waals surface area contributed by atoms with Gasteiger partial charge in [0.1, 0.15) is 0 Å². The van der Waals surface area contributed by atoms with Crippen molar-refractivity contribution in [3.05, 3.63) is 0 Å². The first-order valence-corrected chi connectivity index (χ1v) is 3.80. The molecule has 0 saturated heterocycles. The highest BCUT2D eigenvalue weighted by Gasteiger charge is 2.15. The number of rotatable bonds is 0. The average Bonchev–Trinajstić information content (AvgIpc) is 1.77. The average molecular weight is 114 g/mol. The molecular weight excluding hydrogens is 96.1 g/mol. The van der Waals surface area contributed by atoms with Gasteiger partial charge in [-0.3, -0.25) is 0 Å². The summed E-state index contributed by atoms with van der Waals surface area (Å²) in [5, 5.41) is 0. The highest BCUT2D eigenvalue weighted by Crippen LogP contribution is 2.28. The lowest BCUT2D eigenvalue weighted by molar-refractivity contribution is 0.277. The summed E-state index contributed by atoms with van der Waals surface area (Å²) in [6.07, 6.45) is 5.90. The molecule has 1 unspecified atom stereocenters. The molecule has 0 amide bonds. The molecule has 1 aliphatic rings. The van der Waals surface area contributed by atoms with Crippen LogP contribution in [0.15, 0.2) is 0 Å². The van der Waals surface area contributed by atoms with Crippen LogP contribution in [0.2, 0.25) is 0 Å². The van der Waals surface area contributed by atoms with E-state index in [2.05, 4.69) is 13.8 Å². The molecule has 2 atom stereocenters. The smallest absolute Gasteiger partial charge is 0 e. The van der Waals surface area contributed by atoms with Crippen LogP contribution in [-0.2, 0) is 0 Å². The van der Waals surface area contributed by atoms with E-state index in [9.17, 15) is 0 Å². The van der Waals surface area contributed by atoms with Crippen LogP contribution in [0.4, 0.5) is 0 Å². The summed E-state index contributed by atoms with van der Waals surface area (Å²) in [6.45, 7) is 4.76. The molecular formula is C8H18. The predicted octanol–water partition coefficient (Wildman–Crippen LogP) is 3.08. The van der Waals surface area contributed by atoms with Gasteiger partial charge in [0, 0.05) is 1.43 Å². The molecule has 1 fully saturated rings. The quantitative estimate of drug-likeness (QED) is 0.454. The van der Waals surface area contributed by atoms with E-state index in [1.165, 1.54) is 25.7 Å². The molecule has 1 aliphatic carbocycles. The van der Waals surface area contributed by atoms with Crippen LogP contribution < -0.4 is 0 Å². The lowest BCUT2D eigenvalue weighted by Gasteiger charge is -2.24. The third-order valence-electron chi connectivity index (χ3n) is 2.54. The maximum absolute atomic E-state index is 2.38. The van der Waals surface area contributed by atoms with Gasteiger partial charge in [-0.15, -0.1) is 0 Å². The summed E-state index contributed by atoms with van der Waals surface area (Å²) < 4.78 is 0. The van der Waals surface area contributed by atoms with Crippen LogP contribution >= 0.6 is 0 Å². The molecule has 0 nitrogen and oxygen atoms in total. The Morgan fingerprint density at radius 2 is 1.38 bits per heavy atom. The van der Waals surface area contributed by atoms with Crippen LogP contribution in [0.5, 0.6) is 0 Å². The van der Waals surface area contributed by atoms with E-state index < -0.39 is 0 Å². The molecule has 0 aromatic carbocycles. The van der Waals surface area contributed by atoms with E-state index in [4.69, 9.17) is 0 Å². The van der Waals surface area contributed by atoms with Crippen molar-refractivity contribution < 1.29 is 1.43 Å². The first-order chi connectivity index (χ1) is 3.80. The fourth-order valence-corrected chi connectivity index (χ4v) is 1.50. The Bertz CT molecular complexity index is 61.0. The minimum atomic E-state index is 0. The molecule has 50 valence electrons. The van der Waals surface area contributed by atoms with E-state index in [1.54, 1.807) is 0 Å². The van der Waals surface area contributed by atoms with Crippen molar-refractivity contribution in [1.82, 2.24) is 0 Å². The fourth-order valence-electron chi connectivity index (χ4n) is 1.50.